The van der Waals surface area contributed by atoms with Gasteiger partial charge in [0.1, 0.15) is 11.6 Å². The van der Waals surface area contributed by atoms with Crippen molar-refractivity contribution >= 4 is 23.0 Å². The van der Waals surface area contributed by atoms with Gasteiger partial charge in [-0.1, -0.05) is 0 Å². The molecule has 2 rings (SSSR count). The van der Waals surface area contributed by atoms with Gasteiger partial charge in [-0.15, -0.1) is 11.3 Å². The van der Waals surface area contributed by atoms with Gasteiger partial charge in [0.2, 0.25) is 0 Å². The van der Waals surface area contributed by atoms with Gasteiger partial charge in [-0.25, -0.2) is 9.97 Å². The SMILES string of the molecule is CN(Cc1cscn1)c1cc(C(F)(F)F)cc(N)n1. The van der Waals surface area contributed by atoms with Crippen LogP contribution in [0.1, 0.15) is 11.3 Å². The van der Waals surface area contributed by atoms with Crippen LogP contribution in [0.4, 0.5) is 24.8 Å². The first-order chi connectivity index (χ1) is 8.86. The summed E-state index contributed by atoms with van der Waals surface area (Å²) in [6, 6.07) is 1.79. The molecule has 0 aliphatic rings. The minimum Gasteiger partial charge on any atom is -0.384 e. The third-order valence-electron chi connectivity index (χ3n) is 2.43. The van der Waals surface area contributed by atoms with Gasteiger partial charge in [-0.3, -0.25) is 0 Å². The number of anilines is 2. The molecule has 2 aromatic heterocycles. The highest BCUT2D eigenvalue weighted by Gasteiger charge is 2.31. The summed E-state index contributed by atoms with van der Waals surface area (Å²) in [5.41, 5.74) is 7.04. The Labute approximate surface area is 111 Å². The molecule has 102 valence electrons. The molecule has 0 saturated heterocycles. The molecule has 8 heteroatoms. The Kier molecular flexibility index (Phi) is 3.61. The summed E-state index contributed by atoms with van der Waals surface area (Å²) in [6.07, 6.45) is -4.44. The van der Waals surface area contributed by atoms with Crippen LogP contribution in [0.25, 0.3) is 0 Å². The predicted molar refractivity (Wildman–Crippen MR) is 67.9 cm³/mol. The number of hydrogen-bond donors (Lipinski definition) is 1. The lowest BCUT2D eigenvalue weighted by molar-refractivity contribution is -0.137. The first-order valence-electron chi connectivity index (χ1n) is 5.29. The predicted octanol–water partition coefficient (Wildman–Crippen LogP) is 2.78. The topological polar surface area (TPSA) is 55.0 Å². The van der Waals surface area contributed by atoms with Gasteiger partial charge in [-0.2, -0.15) is 13.2 Å². The van der Waals surface area contributed by atoms with Crippen LogP contribution in [-0.2, 0) is 12.7 Å². The summed E-state index contributed by atoms with van der Waals surface area (Å²) >= 11 is 1.42. The zero-order valence-corrected chi connectivity index (χ0v) is 10.8. The van der Waals surface area contributed by atoms with Crippen molar-refractivity contribution in [3.8, 4) is 0 Å². The van der Waals surface area contributed by atoms with Crippen LogP contribution in [0, 0.1) is 0 Å². The van der Waals surface area contributed by atoms with Crippen molar-refractivity contribution in [2.24, 2.45) is 0 Å². The molecule has 2 heterocycles. The maximum absolute atomic E-state index is 12.7. The first-order valence-corrected chi connectivity index (χ1v) is 6.23. The van der Waals surface area contributed by atoms with Crippen molar-refractivity contribution in [3.63, 3.8) is 0 Å². The Morgan fingerprint density at radius 1 is 1.37 bits per heavy atom. The molecule has 0 radical (unpaired) electrons. The second-order valence-electron chi connectivity index (χ2n) is 3.97. The molecule has 2 N–H and O–H groups in total. The number of nitrogen functional groups attached to an aromatic ring is 1. The lowest BCUT2D eigenvalue weighted by Crippen LogP contribution is -2.19. The quantitative estimate of drug-likeness (QED) is 0.943. The second kappa shape index (κ2) is 5.04. The van der Waals surface area contributed by atoms with Crippen LogP contribution in [0.5, 0.6) is 0 Å². The highest BCUT2D eigenvalue weighted by atomic mass is 32.1. The molecule has 0 unspecified atom stereocenters. The number of nitrogens with zero attached hydrogens (tertiary/aromatic N) is 3. The Morgan fingerprint density at radius 2 is 2.11 bits per heavy atom. The van der Waals surface area contributed by atoms with E-state index in [0.29, 0.717) is 6.54 Å². The molecule has 0 spiro atoms. The first kappa shape index (κ1) is 13.6. The van der Waals surface area contributed by atoms with Crippen LogP contribution in [0.3, 0.4) is 0 Å². The van der Waals surface area contributed by atoms with Gasteiger partial charge in [0.25, 0.3) is 0 Å². The molecular formula is C11H11F3N4S. The van der Waals surface area contributed by atoms with Crippen LogP contribution >= 0.6 is 11.3 Å². The van der Waals surface area contributed by atoms with Crippen molar-refractivity contribution in [3.05, 3.63) is 34.3 Å². The van der Waals surface area contributed by atoms with E-state index in [9.17, 15) is 13.2 Å². The van der Waals surface area contributed by atoms with Gasteiger partial charge < -0.3 is 10.6 Å². The summed E-state index contributed by atoms with van der Waals surface area (Å²) in [5.74, 6) is 0.00952. The minimum absolute atomic E-state index is 0.157. The van der Waals surface area contributed by atoms with Gasteiger partial charge in [-0.05, 0) is 12.1 Å². The van der Waals surface area contributed by atoms with Crippen LogP contribution < -0.4 is 10.6 Å². The maximum Gasteiger partial charge on any atom is 0.416 e. The lowest BCUT2D eigenvalue weighted by atomic mass is 10.2. The molecule has 4 nitrogen and oxygen atoms in total. The van der Waals surface area contributed by atoms with E-state index in [2.05, 4.69) is 9.97 Å². The van der Waals surface area contributed by atoms with Gasteiger partial charge in [0.15, 0.2) is 0 Å². The largest absolute Gasteiger partial charge is 0.416 e. The standard InChI is InChI=1S/C11H11F3N4S/c1-18(4-8-5-19-6-16-8)10-3-7(11(12,13)14)2-9(15)17-10/h2-3,5-6H,4H2,1H3,(H2,15,17). The molecule has 19 heavy (non-hydrogen) atoms. The summed E-state index contributed by atoms with van der Waals surface area (Å²) < 4.78 is 38.0. The van der Waals surface area contributed by atoms with E-state index in [0.717, 1.165) is 17.8 Å². The number of alkyl halides is 3. The fourth-order valence-corrected chi connectivity index (χ4v) is 2.09. The molecule has 0 saturated carbocycles. The van der Waals surface area contributed by atoms with Crippen molar-refractivity contribution in [1.29, 1.82) is 0 Å². The fraction of sp³-hybridized carbons (Fsp3) is 0.273. The molecule has 0 aromatic carbocycles. The van der Waals surface area contributed by atoms with E-state index in [1.165, 1.54) is 11.3 Å². The third kappa shape index (κ3) is 3.34. The minimum atomic E-state index is -4.44. The number of thiazole rings is 1. The third-order valence-corrected chi connectivity index (χ3v) is 3.07. The van der Waals surface area contributed by atoms with Crippen LogP contribution in [-0.4, -0.2) is 17.0 Å². The summed E-state index contributed by atoms with van der Waals surface area (Å²) in [6.45, 7) is 0.372. The van der Waals surface area contributed by atoms with Gasteiger partial charge in [0.05, 0.1) is 23.3 Å². The number of aromatic nitrogens is 2. The average molecular weight is 288 g/mol. The normalized spacial score (nSPS) is 11.6. The molecule has 2 aromatic rings. The number of rotatable bonds is 3. The Bertz CT molecular complexity index is 554. The smallest absolute Gasteiger partial charge is 0.384 e. The van der Waals surface area contributed by atoms with E-state index < -0.39 is 11.7 Å². The highest BCUT2D eigenvalue weighted by Crippen LogP contribution is 2.32. The fourth-order valence-electron chi connectivity index (χ4n) is 1.54. The number of pyridine rings is 1. The average Bonchev–Trinajstić information content (AvgIpc) is 2.79. The molecule has 0 bridgehead atoms. The highest BCUT2D eigenvalue weighted by molar-refractivity contribution is 7.07. The zero-order valence-electron chi connectivity index (χ0n) is 9.98. The Morgan fingerprint density at radius 3 is 2.68 bits per heavy atom. The molecule has 0 aliphatic carbocycles. The molecular weight excluding hydrogens is 277 g/mol. The maximum atomic E-state index is 12.7. The van der Waals surface area contributed by atoms with Crippen molar-refractivity contribution in [1.82, 2.24) is 9.97 Å². The van der Waals surface area contributed by atoms with Gasteiger partial charge >= 0.3 is 6.18 Å². The summed E-state index contributed by atoms with van der Waals surface area (Å²) in [4.78, 5) is 9.55. The van der Waals surface area contributed by atoms with E-state index in [4.69, 9.17) is 5.73 Å². The summed E-state index contributed by atoms with van der Waals surface area (Å²) in [7, 11) is 1.64. The van der Waals surface area contributed by atoms with Crippen LogP contribution in [0.15, 0.2) is 23.0 Å². The van der Waals surface area contributed by atoms with E-state index in [1.54, 1.807) is 17.5 Å². The number of nitrogens with two attached hydrogens (primary N) is 1. The molecule has 0 amide bonds. The second-order valence-corrected chi connectivity index (χ2v) is 4.69. The molecule has 0 aliphatic heterocycles. The zero-order chi connectivity index (χ0) is 14.0. The van der Waals surface area contributed by atoms with Crippen molar-refractivity contribution in [2.45, 2.75) is 12.7 Å². The van der Waals surface area contributed by atoms with Crippen LogP contribution in [0.2, 0.25) is 0 Å². The summed E-state index contributed by atoms with van der Waals surface area (Å²) in [5, 5.41) is 1.83. The van der Waals surface area contributed by atoms with E-state index in [-0.39, 0.29) is 11.6 Å². The monoisotopic (exact) mass is 288 g/mol. The van der Waals surface area contributed by atoms with Crippen molar-refractivity contribution < 1.29 is 13.2 Å². The van der Waals surface area contributed by atoms with E-state index >= 15 is 0 Å². The van der Waals surface area contributed by atoms with Gasteiger partial charge in [0, 0.05) is 12.4 Å². The Hall–Kier alpha value is -1.83. The number of hydrogen-bond acceptors (Lipinski definition) is 5. The lowest BCUT2D eigenvalue weighted by Gasteiger charge is -2.19. The van der Waals surface area contributed by atoms with Crippen molar-refractivity contribution in [2.75, 3.05) is 17.7 Å². The molecule has 0 fully saturated rings. The molecule has 0 atom stereocenters. The Balaban J connectivity index is 2.26. The number of halogens is 3. The van der Waals surface area contributed by atoms with E-state index in [1.807, 2.05) is 5.38 Å².